The quantitative estimate of drug-likeness (QED) is 0.401. The smallest absolute Gasteiger partial charge is 0.418 e. The summed E-state index contributed by atoms with van der Waals surface area (Å²) >= 11 is 6.53. The third-order valence-corrected chi connectivity index (χ3v) is 7.28. The molecular weight excluding hydrogens is 559 g/mol. The normalized spacial score (nSPS) is 17.8. The lowest BCUT2D eigenvalue weighted by Gasteiger charge is -2.24. The van der Waals surface area contributed by atoms with Crippen LogP contribution in [0.5, 0.6) is 0 Å². The van der Waals surface area contributed by atoms with Gasteiger partial charge in [-0.1, -0.05) is 18.5 Å². The Kier molecular flexibility index (Phi) is 8.25. The molecule has 2 N–H and O–H groups in total. The number of thiazole rings is 1. The first kappa shape index (κ1) is 28.1. The molecule has 0 aliphatic carbocycles. The third-order valence-electron chi connectivity index (χ3n) is 5.80. The Morgan fingerprint density at radius 1 is 1.13 bits per heavy atom. The highest BCUT2D eigenvalue weighted by molar-refractivity contribution is 7.13. The van der Waals surface area contributed by atoms with Gasteiger partial charge >= 0.3 is 6.18 Å². The van der Waals surface area contributed by atoms with Gasteiger partial charge in [0.2, 0.25) is 0 Å². The maximum Gasteiger partial charge on any atom is 0.418 e. The SMILES string of the molecule is COC1=CN=CC(c2cc(C(=O)NC(C)c3ncc(C(=O)Nc4cc(C(F)(F)F)c(Cl)cn4)s3)ncn2)C1C. The first-order valence-corrected chi connectivity index (χ1v) is 12.6. The molecule has 4 rings (SSSR count). The molecule has 3 aromatic rings. The Hall–Kier alpha value is -3.91. The predicted octanol–water partition coefficient (Wildman–Crippen LogP) is 5.04. The monoisotopic (exact) mass is 579 g/mol. The zero-order valence-corrected chi connectivity index (χ0v) is 22.2. The summed E-state index contributed by atoms with van der Waals surface area (Å²) in [6, 6.07) is 1.61. The Labute approximate surface area is 229 Å². The Morgan fingerprint density at radius 3 is 2.62 bits per heavy atom. The lowest BCUT2D eigenvalue weighted by Crippen LogP contribution is -2.28. The number of carbonyl (C=O) groups is 2. The Balaban J connectivity index is 1.42. The van der Waals surface area contributed by atoms with E-state index in [1.807, 2.05) is 6.92 Å². The molecular formula is C24H21ClF3N7O3S. The number of amides is 2. The van der Waals surface area contributed by atoms with Gasteiger partial charge in [-0.3, -0.25) is 14.6 Å². The zero-order chi connectivity index (χ0) is 28.3. The van der Waals surface area contributed by atoms with Gasteiger partial charge in [0.25, 0.3) is 11.8 Å². The van der Waals surface area contributed by atoms with Gasteiger partial charge in [-0.15, -0.1) is 11.3 Å². The van der Waals surface area contributed by atoms with E-state index in [0.717, 1.165) is 17.5 Å². The fourth-order valence-corrected chi connectivity index (χ4v) is 4.74. The fraction of sp³-hybridized carbons (Fsp3) is 0.292. The number of aliphatic imine (C=N–C) groups is 1. The van der Waals surface area contributed by atoms with E-state index in [2.05, 4.69) is 35.6 Å². The molecule has 0 bridgehead atoms. The second-order valence-corrected chi connectivity index (χ2v) is 9.90. The van der Waals surface area contributed by atoms with Crippen molar-refractivity contribution in [3.8, 4) is 0 Å². The molecule has 15 heteroatoms. The summed E-state index contributed by atoms with van der Waals surface area (Å²) in [4.78, 5) is 46.0. The van der Waals surface area contributed by atoms with Crippen LogP contribution >= 0.6 is 22.9 Å². The number of rotatable bonds is 7. The molecule has 0 radical (unpaired) electrons. The van der Waals surface area contributed by atoms with Crippen LogP contribution in [-0.2, 0) is 10.9 Å². The summed E-state index contributed by atoms with van der Waals surface area (Å²) in [6.45, 7) is 3.63. The number of halogens is 4. The summed E-state index contributed by atoms with van der Waals surface area (Å²) in [5.41, 5.74) is -0.395. The number of pyridine rings is 1. The van der Waals surface area contributed by atoms with E-state index in [0.29, 0.717) is 22.5 Å². The number of ether oxygens (including phenoxy) is 1. The van der Waals surface area contributed by atoms with Crippen molar-refractivity contribution in [1.29, 1.82) is 0 Å². The Morgan fingerprint density at radius 2 is 1.90 bits per heavy atom. The minimum Gasteiger partial charge on any atom is -0.499 e. The predicted molar refractivity (Wildman–Crippen MR) is 138 cm³/mol. The highest BCUT2D eigenvalue weighted by Crippen LogP contribution is 2.35. The van der Waals surface area contributed by atoms with Crippen LogP contribution in [0.25, 0.3) is 0 Å². The molecule has 4 heterocycles. The number of hydrogen-bond donors (Lipinski definition) is 2. The summed E-state index contributed by atoms with van der Waals surface area (Å²) in [5, 5.41) is 4.88. The van der Waals surface area contributed by atoms with Crippen LogP contribution in [0.15, 0.2) is 47.8 Å². The fourth-order valence-electron chi connectivity index (χ4n) is 3.71. The highest BCUT2D eigenvalue weighted by Gasteiger charge is 2.34. The van der Waals surface area contributed by atoms with Gasteiger partial charge in [0, 0.05) is 24.2 Å². The average Bonchev–Trinajstić information content (AvgIpc) is 3.40. The van der Waals surface area contributed by atoms with Crippen LogP contribution in [0.4, 0.5) is 19.0 Å². The molecule has 0 spiro atoms. The van der Waals surface area contributed by atoms with Crippen LogP contribution in [0, 0.1) is 5.92 Å². The lowest BCUT2D eigenvalue weighted by atomic mass is 9.88. The van der Waals surface area contributed by atoms with Crippen molar-refractivity contribution in [2.24, 2.45) is 10.9 Å². The Bertz CT molecular complexity index is 1460. The molecule has 3 aromatic heterocycles. The van der Waals surface area contributed by atoms with Crippen molar-refractivity contribution in [1.82, 2.24) is 25.3 Å². The summed E-state index contributed by atoms with van der Waals surface area (Å²) < 4.78 is 44.6. The molecule has 2 amide bonds. The van der Waals surface area contributed by atoms with Crippen molar-refractivity contribution in [2.75, 3.05) is 12.4 Å². The van der Waals surface area contributed by atoms with E-state index in [-0.39, 0.29) is 28.2 Å². The molecule has 1 aliphatic heterocycles. The first-order chi connectivity index (χ1) is 18.5. The van der Waals surface area contributed by atoms with E-state index in [9.17, 15) is 22.8 Å². The molecule has 39 heavy (non-hydrogen) atoms. The van der Waals surface area contributed by atoms with Crippen LogP contribution < -0.4 is 10.6 Å². The second-order valence-electron chi connectivity index (χ2n) is 8.44. The molecule has 3 atom stereocenters. The van der Waals surface area contributed by atoms with Crippen molar-refractivity contribution in [3.63, 3.8) is 0 Å². The molecule has 0 saturated carbocycles. The highest BCUT2D eigenvalue weighted by atomic mass is 35.5. The van der Waals surface area contributed by atoms with E-state index < -0.39 is 34.6 Å². The van der Waals surface area contributed by atoms with Gasteiger partial charge in [0.1, 0.15) is 33.5 Å². The van der Waals surface area contributed by atoms with Crippen molar-refractivity contribution >= 4 is 46.8 Å². The largest absolute Gasteiger partial charge is 0.499 e. The van der Waals surface area contributed by atoms with Gasteiger partial charge < -0.3 is 15.4 Å². The number of nitrogens with zero attached hydrogens (tertiary/aromatic N) is 5. The minimum atomic E-state index is -4.71. The van der Waals surface area contributed by atoms with E-state index in [4.69, 9.17) is 16.3 Å². The third kappa shape index (κ3) is 6.40. The van der Waals surface area contributed by atoms with Crippen LogP contribution in [0.1, 0.15) is 62.2 Å². The number of nitrogens with one attached hydrogen (secondary N) is 2. The number of carbonyl (C=O) groups excluding carboxylic acids is 2. The van der Waals surface area contributed by atoms with Crippen molar-refractivity contribution < 1.29 is 27.5 Å². The van der Waals surface area contributed by atoms with Gasteiger partial charge in [0.05, 0.1) is 41.8 Å². The standard InChI is InChI=1S/C24H21ClF3N7O3S/c1-11-13(6-29-8-18(11)38-3)16-5-17(33-10-32-16)21(36)34-12(2)23-31-9-19(39-23)22(37)35-20-4-14(24(26,27)28)15(25)7-30-20/h4-13H,1-3H3,(H,34,36)(H,30,35,37). The van der Waals surface area contributed by atoms with Crippen LogP contribution in [0.3, 0.4) is 0 Å². The van der Waals surface area contributed by atoms with Crippen molar-refractivity contribution in [2.45, 2.75) is 32.0 Å². The molecule has 0 fully saturated rings. The molecule has 0 aromatic carbocycles. The van der Waals surface area contributed by atoms with E-state index in [1.165, 1.54) is 12.5 Å². The molecule has 204 valence electrons. The topological polar surface area (TPSA) is 131 Å². The van der Waals surface area contributed by atoms with Crippen LogP contribution in [0.2, 0.25) is 5.02 Å². The van der Waals surface area contributed by atoms with Crippen LogP contribution in [-0.4, -0.2) is 45.1 Å². The number of aromatic nitrogens is 4. The summed E-state index contributed by atoms with van der Waals surface area (Å²) in [7, 11) is 1.56. The molecule has 10 nitrogen and oxygen atoms in total. The van der Waals surface area contributed by atoms with Gasteiger partial charge in [0.15, 0.2) is 0 Å². The van der Waals surface area contributed by atoms with E-state index >= 15 is 0 Å². The van der Waals surface area contributed by atoms with Gasteiger partial charge in [-0.2, -0.15) is 13.2 Å². The maximum absolute atomic E-state index is 13.1. The van der Waals surface area contributed by atoms with Gasteiger partial charge in [-0.25, -0.2) is 19.9 Å². The number of alkyl halides is 3. The van der Waals surface area contributed by atoms with Crippen molar-refractivity contribution in [3.05, 3.63) is 74.7 Å². The molecule has 0 saturated heterocycles. The lowest BCUT2D eigenvalue weighted by molar-refractivity contribution is -0.137. The second kappa shape index (κ2) is 11.5. The summed E-state index contributed by atoms with van der Waals surface area (Å²) in [5.74, 6) is -1.08. The average molecular weight is 580 g/mol. The zero-order valence-electron chi connectivity index (χ0n) is 20.7. The molecule has 1 aliphatic rings. The maximum atomic E-state index is 13.1. The number of anilines is 1. The van der Waals surface area contributed by atoms with Gasteiger partial charge in [-0.05, 0) is 19.1 Å². The van der Waals surface area contributed by atoms with E-state index in [1.54, 1.807) is 32.5 Å². The minimum absolute atomic E-state index is 0.0414. The number of methoxy groups -OCH3 is 1. The number of hydrogen-bond acceptors (Lipinski definition) is 9. The summed E-state index contributed by atoms with van der Waals surface area (Å²) in [6.07, 6.45) is 2.01. The first-order valence-electron chi connectivity index (χ1n) is 11.4. The number of allylic oxidation sites excluding steroid dienone is 1. The molecule has 3 unspecified atom stereocenters.